The third kappa shape index (κ3) is 7.14. The quantitative estimate of drug-likeness (QED) is 0.188. The molecule has 0 aliphatic rings. The Bertz CT molecular complexity index is 1640. The predicted molar refractivity (Wildman–Crippen MR) is 157 cm³/mol. The van der Waals surface area contributed by atoms with Crippen LogP contribution in [-0.2, 0) is 11.0 Å². The molecule has 42 heavy (non-hydrogen) atoms. The number of aromatic nitrogens is 3. The van der Waals surface area contributed by atoms with Crippen LogP contribution in [0.1, 0.15) is 45.4 Å². The summed E-state index contributed by atoms with van der Waals surface area (Å²) < 4.78 is 42.5. The Morgan fingerprint density at radius 2 is 1.88 bits per heavy atom. The molecule has 2 heterocycles. The molecular weight excluding hydrogens is 569 g/mol. The van der Waals surface area contributed by atoms with Crippen molar-refractivity contribution in [2.75, 3.05) is 22.7 Å². The summed E-state index contributed by atoms with van der Waals surface area (Å²) in [5, 5.41) is 7.30. The molecule has 0 saturated carbocycles. The molecule has 0 unspecified atom stereocenters. The summed E-state index contributed by atoms with van der Waals surface area (Å²) in [7, 11) is 1.66. The van der Waals surface area contributed by atoms with Crippen LogP contribution in [0.5, 0.6) is 0 Å². The smallest absolute Gasteiger partial charge is 0.396 e. The second-order valence-corrected chi connectivity index (χ2v) is 10.3. The number of carbonyl (C=O) groups is 2. The van der Waals surface area contributed by atoms with Crippen LogP contribution in [0, 0.1) is 13.8 Å². The van der Waals surface area contributed by atoms with E-state index in [2.05, 4.69) is 26.0 Å². The number of hydrazine groups is 1. The monoisotopic (exact) mass is 598 g/mol. The Labute approximate surface area is 244 Å². The number of benzene rings is 2. The van der Waals surface area contributed by atoms with E-state index in [9.17, 15) is 22.8 Å². The Morgan fingerprint density at radius 1 is 1.12 bits per heavy atom. The number of aryl methyl sites for hydroxylation is 2. The summed E-state index contributed by atoms with van der Waals surface area (Å²) in [5.74, 6) is -0.769. The number of halogens is 3. The number of nitrogens with two attached hydrogens (primary N) is 1. The zero-order chi connectivity index (χ0) is 30.6. The highest BCUT2D eigenvalue weighted by atomic mass is 32.1. The molecule has 0 bridgehead atoms. The molecule has 10 nitrogen and oxygen atoms in total. The third-order valence-electron chi connectivity index (χ3n) is 6.11. The van der Waals surface area contributed by atoms with E-state index in [1.165, 1.54) is 28.3 Å². The lowest BCUT2D eigenvalue weighted by Gasteiger charge is -2.22. The van der Waals surface area contributed by atoms with Crippen molar-refractivity contribution in [3.63, 3.8) is 0 Å². The van der Waals surface area contributed by atoms with E-state index in [1.54, 1.807) is 62.7 Å². The number of imidazole rings is 1. The van der Waals surface area contributed by atoms with Gasteiger partial charge >= 0.3 is 6.18 Å². The lowest BCUT2D eigenvalue weighted by Crippen LogP contribution is -2.31. The van der Waals surface area contributed by atoms with Gasteiger partial charge in [0, 0.05) is 49.0 Å². The molecule has 5 N–H and O–H groups in total. The standard InChI is InChI=1S/C28H29F3N8O2S/c1-5-25(40)37-27-34-12-24(42-27)22(32)14-39(33-4)23-8-18(7-6-16(23)2)26(41)36-20-9-19(28(29,30)31)10-21(11-20)38-13-17(3)35-15-38/h6-15,33H,5,32H2,1-4H3,(H,36,41)(H,34,37,40)/b22-14-. The van der Waals surface area contributed by atoms with E-state index in [-0.39, 0.29) is 22.8 Å². The van der Waals surface area contributed by atoms with Gasteiger partial charge < -0.3 is 20.9 Å². The van der Waals surface area contributed by atoms with E-state index >= 15 is 0 Å². The van der Waals surface area contributed by atoms with Crippen molar-refractivity contribution >= 4 is 45.4 Å². The van der Waals surface area contributed by atoms with Crippen LogP contribution >= 0.6 is 11.3 Å². The summed E-state index contributed by atoms with van der Waals surface area (Å²) in [4.78, 5) is 33.7. The Balaban J connectivity index is 1.60. The molecule has 4 rings (SSSR count). The van der Waals surface area contributed by atoms with Gasteiger partial charge in [-0.2, -0.15) is 13.2 Å². The van der Waals surface area contributed by atoms with Crippen molar-refractivity contribution in [3.05, 3.63) is 88.6 Å². The largest absolute Gasteiger partial charge is 0.416 e. The van der Waals surface area contributed by atoms with Gasteiger partial charge in [0.1, 0.15) is 0 Å². The van der Waals surface area contributed by atoms with Gasteiger partial charge in [-0.25, -0.2) is 15.4 Å². The second kappa shape index (κ2) is 12.4. The summed E-state index contributed by atoms with van der Waals surface area (Å²) >= 11 is 1.21. The Kier molecular flexibility index (Phi) is 8.97. The van der Waals surface area contributed by atoms with Crippen molar-refractivity contribution in [2.45, 2.75) is 33.4 Å². The van der Waals surface area contributed by atoms with Crippen LogP contribution in [-0.4, -0.2) is 33.4 Å². The zero-order valence-corrected chi connectivity index (χ0v) is 24.0. The maximum atomic E-state index is 13.7. The molecule has 0 radical (unpaired) electrons. The van der Waals surface area contributed by atoms with Gasteiger partial charge in [-0.15, -0.1) is 0 Å². The molecule has 0 aliphatic carbocycles. The summed E-state index contributed by atoms with van der Waals surface area (Å²) in [6.07, 6.45) is 1.84. The van der Waals surface area contributed by atoms with Crippen LogP contribution in [0.15, 0.2) is 61.3 Å². The molecule has 2 amide bonds. The molecule has 2 aromatic heterocycles. The highest BCUT2D eigenvalue weighted by molar-refractivity contribution is 7.16. The lowest BCUT2D eigenvalue weighted by molar-refractivity contribution is -0.137. The molecule has 2 aromatic carbocycles. The zero-order valence-electron chi connectivity index (χ0n) is 23.2. The number of anilines is 3. The van der Waals surface area contributed by atoms with E-state index in [1.807, 2.05) is 6.92 Å². The van der Waals surface area contributed by atoms with E-state index < -0.39 is 17.6 Å². The number of rotatable bonds is 9. The molecular formula is C28H29F3N8O2S. The Hall–Kier alpha value is -4.69. The molecule has 220 valence electrons. The van der Waals surface area contributed by atoms with E-state index in [0.29, 0.717) is 33.5 Å². The van der Waals surface area contributed by atoms with Crippen molar-refractivity contribution in [1.82, 2.24) is 20.0 Å². The van der Waals surface area contributed by atoms with Gasteiger partial charge in [-0.1, -0.05) is 24.3 Å². The topological polar surface area (TPSA) is 130 Å². The van der Waals surface area contributed by atoms with Crippen molar-refractivity contribution < 1.29 is 22.8 Å². The average Bonchev–Trinajstić information content (AvgIpc) is 3.60. The Morgan fingerprint density at radius 3 is 2.52 bits per heavy atom. The maximum Gasteiger partial charge on any atom is 0.416 e. The normalized spacial score (nSPS) is 11.8. The minimum Gasteiger partial charge on any atom is -0.396 e. The highest BCUT2D eigenvalue weighted by Gasteiger charge is 2.31. The van der Waals surface area contributed by atoms with Crippen molar-refractivity contribution in [1.29, 1.82) is 0 Å². The summed E-state index contributed by atoms with van der Waals surface area (Å²) in [6.45, 7) is 5.29. The SMILES string of the molecule is CCC(=O)Nc1ncc(/C(N)=C/N(NC)c2cc(C(=O)Nc3cc(-n4cnc(C)c4)cc(C(F)(F)F)c3)ccc2C)s1. The van der Waals surface area contributed by atoms with Gasteiger partial charge in [0.25, 0.3) is 5.91 Å². The number of hydrogen-bond donors (Lipinski definition) is 4. The van der Waals surface area contributed by atoms with E-state index in [0.717, 1.165) is 17.7 Å². The molecule has 0 atom stereocenters. The van der Waals surface area contributed by atoms with Crippen LogP contribution in [0.4, 0.5) is 29.7 Å². The molecule has 4 aromatic rings. The first-order chi connectivity index (χ1) is 19.9. The number of nitrogens with zero attached hydrogens (tertiary/aromatic N) is 4. The summed E-state index contributed by atoms with van der Waals surface area (Å²) in [6, 6.07) is 8.21. The first-order valence-corrected chi connectivity index (χ1v) is 13.5. The minimum absolute atomic E-state index is 0.0240. The van der Waals surface area contributed by atoms with Crippen molar-refractivity contribution in [2.24, 2.45) is 5.73 Å². The third-order valence-corrected chi connectivity index (χ3v) is 7.07. The maximum absolute atomic E-state index is 13.7. The van der Waals surface area contributed by atoms with Crippen LogP contribution in [0.25, 0.3) is 11.4 Å². The highest BCUT2D eigenvalue weighted by Crippen LogP contribution is 2.33. The lowest BCUT2D eigenvalue weighted by atomic mass is 10.1. The number of nitrogens with one attached hydrogen (secondary N) is 3. The summed E-state index contributed by atoms with van der Waals surface area (Å²) in [5.41, 5.74) is 11.1. The van der Waals surface area contributed by atoms with Gasteiger partial charge in [0.05, 0.1) is 33.8 Å². The molecule has 0 saturated heterocycles. The number of amides is 2. The first-order valence-electron chi connectivity index (χ1n) is 12.7. The fourth-order valence-corrected chi connectivity index (χ4v) is 4.66. The molecule has 14 heteroatoms. The molecule has 0 spiro atoms. The number of carbonyl (C=O) groups excluding carboxylic acids is 2. The number of hydrogen-bond acceptors (Lipinski definition) is 8. The first kappa shape index (κ1) is 30.3. The van der Waals surface area contributed by atoms with Gasteiger partial charge in [-0.3, -0.25) is 14.6 Å². The van der Waals surface area contributed by atoms with E-state index in [4.69, 9.17) is 5.73 Å². The van der Waals surface area contributed by atoms with Gasteiger partial charge in [0.15, 0.2) is 5.13 Å². The number of thiazole rings is 1. The second-order valence-electron chi connectivity index (χ2n) is 9.25. The fourth-order valence-electron chi connectivity index (χ4n) is 3.90. The average molecular weight is 599 g/mol. The van der Waals surface area contributed by atoms with Crippen LogP contribution < -0.4 is 26.8 Å². The van der Waals surface area contributed by atoms with Gasteiger partial charge in [-0.05, 0) is 49.7 Å². The molecule has 0 fully saturated rings. The van der Waals surface area contributed by atoms with Crippen LogP contribution in [0.3, 0.4) is 0 Å². The predicted octanol–water partition coefficient (Wildman–Crippen LogP) is 5.46. The fraction of sp³-hybridized carbons (Fsp3) is 0.214. The molecule has 0 aliphatic heterocycles. The van der Waals surface area contributed by atoms with Crippen molar-refractivity contribution in [3.8, 4) is 5.69 Å². The van der Waals surface area contributed by atoms with Gasteiger partial charge in [0.2, 0.25) is 5.91 Å². The minimum atomic E-state index is -4.62. The van der Waals surface area contributed by atoms with Crippen LogP contribution in [0.2, 0.25) is 0 Å². The number of alkyl halides is 3.